The molecule has 0 radical (unpaired) electrons. The van der Waals surface area contributed by atoms with Gasteiger partial charge in [0.1, 0.15) is 0 Å². The normalized spacial score (nSPS) is 12.0. The Hall–Kier alpha value is -1.58. The van der Waals surface area contributed by atoms with E-state index in [-0.39, 0.29) is 24.4 Å². The first-order chi connectivity index (χ1) is 9.60. The second kappa shape index (κ2) is 8.01. The molecule has 2 aromatic carbocycles. The van der Waals surface area contributed by atoms with Gasteiger partial charge in [-0.05, 0) is 35.2 Å². The third-order valence-electron chi connectivity index (χ3n) is 3.39. The minimum Gasteiger partial charge on any atom is -0.348 e. The van der Waals surface area contributed by atoms with Crippen LogP contribution < -0.4 is 11.1 Å². The van der Waals surface area contributed by atoms with E-state index in [0.717, 1.165) is 17.2 Å². The fraction of sp³-hybridized carbons (Fsp3) is 0.353. The van der Waals surface area contributed by atoms with Crippen molar-refractivity contribution in [3.05, 3.63) is 48.0 Å². The summed E-state index contributed by atoms with van der Waals surface area (Å²) in [4.78, 5) is 12.3. The maximum absolute atomic E-state index is 12.3. The van der Waals surface area contributed by atoms with Crippen molar-refractivity contribution in [3.8, 4) is 0 Å². The van der Waals surface area contributed by atoms with Gasteiger partial charge in [-0.1, -0.05) is 44.2 Å². The van der Waals surface area contributed by atoms with Crippen molar-refractivity contribution in [2.45, 2.75) is 26.3 Å². The van der Waals surface area contributed by atoms with Crippen LogP contribution in [0.25, 0.3) is 10.8 Å². The Morgan fingerprint density at radius 3 is 2.43 bits per heavy atom. The number of rotatable bonds is 5. The van der Waals surface area contributed by atoms with Gasteiger partial charge in [-0.2, -0.15) is 0 Å². The Morgan fingerprint density at radius 2 is 1.81 bits per heavy atom. The molecule has 0 bridgehead atoms. The van der Waals surface area contributed by atoms with Gasteiger partial charge < -0.3 is 11.1 Å². The van der Waals surface area contributed by atoms with Crippen LogP contribution in [0.4, 0.5) is 0 Å². The van der Waals surface area contributed by atoms with Crippen LogP contribution in [0.15, 0.2) is 42.5 Å². The lowest BCUT2D eigenvalue weighted by Gasteiger charge is -2.19. The van der Waals surface area contributed by atoms with Crippen LogP contribution in [-0.2, 0) is 0 Å². The van der Waals surface area contributed by atoms with E-state index >= 15 is 0 Å². The smallest absolute Gasteiger partial charge is 0.251 e. The summed E-state index contributed by atoms with van der Waals surface area (Å²) in [7, 11) is 0. The van der Waals surface area contributed by atoms with Crippen molar-refractivity contribution in [1.29, 1.82) is 0 Å². The van der Waals surface area contributed by atoms with Crippen molar-refractivity contribution < 1.29 is 4.79 Å². The molecule has 1 atom stereocenters. The highest BCUT2D eigenvalue weighted by atomic mass is 35.5. The summed E-state index contributed by atoms with van der Waals surface area (Å²) in [6.07, 6.45) is 0.899. The predicted octanol–water partition coefficient (Wildman–Crippen LogP) is 3.36. The molecule has 2 rings (SSSR count). The standard InChI is InChI=1S/C17H22N2O.ClH/c1-12(2)9-16(11-18)19-17(20)15-8-7-13-5-3-4-6-14(13)10-15;/h3-8,10,12,16H,9,11,18H2,1-2H3,(H,19,20);1H. The van der Waals surface area contributed by atoms with E-state index in [1.807, 2.05) is 42.5 Å². The largest absolute Gasteiger partial charge is 0.348 e. The maximum atomic E-state index is 12.3. The third-order valence-corrected chi connectivity index (χ3v) is 3.39. The average molecular weight is 307 g/mol. The number of carbonyl (C=O) groups excluding carboxylic acids is 1. The van der Waals surface area contributed by atoms with Crippen LogP contribution in [0.1, 0.15) is 30.6 Å². The van der Waals surface area contributed by atoms with Crippen LogP contribution in [0.2, 0.25) is 0 Å². The lowest BCUT2D eigenvalue weighted by atomic mass is 10.0. The fourth-order valence-corrected chi connectivity index (χ4v) is 2.38. The van der Waals surface area contributed by atoms with Crippen molar-refractivity contribution in [1.82, 2.24) is 5.32 Å². The topological polar surface area (TPSA) is 55.1 Å². The molecule has 0 saturated carbocycles. The number of nitrogens with one attached hydrogen (secondary N) is 1. The van der Waals surface area contributed by atoms with E-state index in [1.54, 1.807) is 0 Å². The summed E-state index contributed by atoms with van der Waals surface area (Å²) < 4.78 is 0. The molecule has 0 aromatic heterocycles. The number of halogens is 1. The minimum atomic E-state index is -0.0492. The zero-order chi connectivity index (χ0) is 14.5. The van der Waals surface area contributed by atoms with Gasteiger partial charge in [-0.3, -0.25) is 4.79 Å². The number of carbonyl (C=O) groups is 1. The molecule has 0 saturated heterocycles. The average Bonchev–Trinajstić information content (AvgIpc) is 2.45. The number of hydrogen-bond acceptors (Lipinski definition) is 2. The van der Waals surface area contributed by atoms with E-state index in [4.69, 9.17) is 5.73 Å². The van der Waals surface area contributed by atoms with Gasteiger partial charge in [-0.15, -0.1) is 12.4 Å². The van der Waals surface area contributed by atoms with E-state index in [0.29, 0.717) is 18.0 Å². The van der Waals surface area contributed by atoms with E-state index in [2.05, 4.69) is 19.2 Å². The summed E-state index contributed by atoms with van der Waals surface area (Å²) in [6.45, 7) is 4.73. The molecular formula is C17H23ClN2O. The Bertz CT molecular complexity index is 598. The van der Waals surface area contributed by atoms with Crippen molar-refractivity contribution >= 4 is 29.1 Å². The second-order valence-corrected chi connectivity index (χ2v) is 5.60. The summed E-state index contributed by atoms with van der Waals surface area (Å²) in [5, 5.41) is 5.23. The zero-order valence-corrected chi connectivity index (χ0v) is 13.3. The highest BCUT2D eigenvalue weighted by Crippen LogP contribution is 2.16. The molecule has 3 nitrogen and oxygen atoms in total. The third kappa shape index (κ3) is 4.73. The Labute approximate surface area is 132 Å². The van der Waals surface area contributed by atoms with Gasteiger partial charge in [0.15, 0.2) is 0 Å². The van der Waals surface area contributed by atoms with Crippen LogP contribution in [-0.4, -0.2) is 18.5 Å². The van der Waals surface area contributed by atoms with Crippen LogP contribution >= 0.6 is 12.4 Å². The SMILES string of the molecule is CC(C)CC(CN)NC(=O)c1ccc2ccccc2c1.Cl. The molecule has 0 spiro atoms. The van der Waals surface area contributed by atoms with Gasteiger partial charge in [0.2, 0.25) is 0 Å². The molecule has 0 aliphatic carbocycles. The highest BCUT2D eigenvalue weighted by molar-refractivity contribution is 5.98. The van der Waals surface area contributed by atoms with E-state index < -0.39 is 0 Å². The van der Waals surface area contributed by atoms with Crippen molar-refractivity contribution in [2.24, 2.45) is 11.7 Å². The minimum absolute atomic E-state index is 0. The molecule has 0 heterocycles. The van der Waals surface area contributed by atoms with Crippen molar-refractivity contribution in [2.75, 3.05) is 6.54 Å². The van der Waals surface area contributed by atoms with Crippen molar-refractivity contribution in [3.63, 3.8) is 0 Å². The molecule has 0 aliphatic heterocycles. The lowest BCUT2D eigenvalue weighted by Crippen LogP contribution is -2.41. The number of nitrogens with two attached hydrogens (primary N) is 1. The Morgan fingerprint density at radius 1 is 1.14 bits per heavy atom. The van der Waals surface area contributed by atoms with Gasteiger partial charge in [0.05, 0.1) is 0 Å². The monoisotopic (exact) mass is 306 g/mol. The zero-order valence-electron chi connectivity index (χ0n) is 12.5. The molecule has 2 aromatic rings. The molecule has 1 amide bonds. The molecule has 114 valence electrons. The number of amides is 1. The van der Waals surface area contributed by atoms with Crippen LogP contribution in [0.5, 0.6) is 0 Å². The molecule has 0 aliphatic rings. The predicted molar refractivity (Wildman–Crippen MR) is 91.0 cm³/mol. The Balaban J connectivity index is 0.00000220. The number of hydrogen-bond donors (Lipinski definition) is 2. The number of fused-ring (bicyclic) bond motifs is 1. The summed E-state index contributed by atoms with van der Waals surface area (Å²) in [5.41, 5.74) is 6.41. The fourth-order valence-electron chi connectivity index (χ4n) is 2.38. The highest BCUT2D eigenvalue weighted by Gasteiger charge is 2.14. The van der Waals surface area contributed by atoms with Gasteiger partial charge in [0.25, 0.3) is 5.91 Å². The molecule has 0 fully saturated rings. The lowest BCUT2D eigenvalue weighted by molar-refractivity contribution is 0.0934. The van der Waals surface area contributed by atoms with Crippen LogP contribution in [0, 0.1) is 5.92 Å². The molecular weight excluding hydrogens is 284 g/mol. The molecule has 21 heavy (non-hydrogen) atoms. The van der Waals surface area contributed by atoms with E-state index in [1.165, 1.54) is 0 Å². The Kier molecular flexibility index (Phi) is 6.66. The van der Waals surface area contributed by atoms with Gasteiger partial charge in [0, 0.05) is 18.2 Å². The van der Waals surface area contributed by atoms with Gasteiger partial charge in [-0.25, -0.2) is 0 Å². The van der Waals surface area contributed by atoms with E-state index in [9.17, 15) is 4.79 Å². The molecule has 4 heteroatoms. The van der Waals surface area contributed by atoms with Gasteiger partial charge >= 0.3 is 0 Å². The summed E-state index contributed by atoms with van der Waals surface area (Å²) >= 11 is 0. The first-order valence-corrected chi connectivity index (χ1v) is 7.10. The molecule has 1 unspecified atom stereocenters. The quantitative estimate of drug-likeness (QED) is 0.890. The van der Waals surface area contributed by atoms with Crippen LogP contribution in [0.3, 0.4) is 0 Å². The maximum Gasteiger partial charge on any atom is 0.251 e. The summed E-state index contributed by atoms with van der Waals surface area (Å²) in [5.74, 6) is 0.465. The second-order valence-electron chi connectivity index (χ2n) is 5.60. The first kappa shape index (κ1) is 17.5. The first-order valence-electron chi connectivity index (χ1n) is 7.10. The summed E-state index contributed by atoms with van der Waals surface area (Å²) in [6, 6.07) is 13.8. The number of benzene rings is 2. The molecule has 3 N–H and O–H groups in total.